The maximum Gasteiger partial charge on any atom is 0.0825 e. The first-order valence-corrected chi connectivity index (χ1v) is 5.42. The summed E-state index contributed by atoms with van der Waals surface area (Å²) >= 11 is 0. The summed E-state index contributed by atoms with van der Waals surface area (Å²) in [4.78, 5) is 11.4. The fourth-order valence-electron chi connectivity index (χ4n) is 0.948. The first-order valence-electron chi connectivity index (χ1n) is 5.42. The second-order valence-electron chi connectivity index (χ2n) is 3.04. The standard InChI is InChI=1S/2C5H5N.C3H6N2/c2*1-2-4-6-5-3-1;1-2-5-3-4-1/h2*1-5H;3H,1-2H2,(H,4,5). The van der Waals surface area contributed by atoms with Crippen molar-refractivity contribution in [2.45, 2.75) is 0 Å². The minimum Gasteiger partial charge on any atom is -0.375 e. The molecule has 0 saturated heterocycles. The Bertz CT molecular complexity index is 284. The normalized spacial score (nSPS) is 11.3. The molecule has 0 saturated carbocycles. The van der Waals surface area contributed by atoms with Crippen LogP contribution in [0.25, 0.3) is 0 Å². The van der Waals surface area contributed by atoms with Gasteiger partial charge in [0.25, 0.3) is 0 Å². The molecule has 1 aliphatic rings. The Morgan fingerprint density at radius 3 is 1.35 bits per heavy atom. The van der Waals surface area contributed by atoms with Crippen LogP contribution in [-0.2, 0) is 0 Å². The lowest BCUT2D eigenvalue weighted by atomic mass is 10.5. The smallest absolute Gasteiger partial charge is 0.0825 e. The zero-order valence-corrected chi connectivity index (χ0v) is 9.61. The first kappa shape index (κ1) is 12.8. The van der Waals surface area contributed by atoms with E-state index in [1.165, 1.54) is 0 Å². The molecule has 0 spiro atoms. The van der Waals surface area contributed by atoms with Crippen LogP contribution < -0.4 is 5.32 Å². The third-order valence-corrected chi connectivity index (χ3v) is 1.70. The van der Waals surface area contributed by atoms with Crippen LogP contribution in [0.3, 0.4) is 0 Å². The fraction of sp³-hybridized carbons (Fsp3) is 0.154. The summed E-state index contributed by atoms with van der Waals surface area (Å²) in [5.74, 6) is 0. The maximum absolute atomic E-state index is 3.85. The van der Waals surface area contributed by atoms with Crippen molar-refractivity contribution in [3.05, 3.63) is 61.2 Å². The largest absolute Gasteiger partial charge is 0.375 e. The Kier molecular flexibility index (Phi) is 7.77. The van der Waals surface area contributed by atoms with Crippen molar-refractivity contribution in [1.29, 1.82) is 0 Å². The highest BCUT2D eigenvalue weighted by Crippen LogP contribution is 1.74. The second-order valence-corrected chi connectivity index (χ2v) is 3.04. The molecular formula is C13H16N4. The van der Waals surface area contributed by atoms with Gasteiger partial charge in [0, 0.05) is 31.3 Å². The lowest BCUT2D eigenvalue weighted by Crippen LogP contribution is -2.04. The van der Waals surface area contributed by atoms with Gasteiger partial charge in [-0.05, 0) is 24.3 Å². The second kappa shape index (κ2) is 10.3. The molecule has 0 aliphatic carbocycles. The van der Waals surface area contributed by atoms with E-state index < -0.39 is 0 Å². The summed E-state index contributed by atoms with van der Waals surface area (Å²) < 4.78 is 0. The number of nitrogens with one attached hydrogen (secondary N) is 1. The van der Waals surface area contributed by atoms with Crippen LogP contribution in [0.15, 0.2) is 66.2 Å². The predicted molar refractivity (Wildman–Crippen MR) is 69.8 cm³/mol. The molecule has 17 heavy (non-hydrogen) atoms. The van der Waals surface area contributed by atoms with Gasteiger partial charge in [0.05, 0.1) is 12.9 Å². The maximum atomic E-state index is 3.85. The summed E-state index contributed by atoms with van der Waals surface area (Å²) in [5, 5.41) is 2.93. The van der Waals surface area contributed by atoms with Crippen LogP contribution in [-0.4, -0.2) is 29.4 Å². The van der Waals surface area contributed by atoms with Gasteiger partial charge in [-0.25, -0.2) is 0 Å². The highest BCUT2D eigenvalue weighted by Gasteiger charge is 1.82. The Hall–Kier alpha value is -2.23. The average molecular weight is 228 g/mol. The van der Waals surface area contributed by atoms with Crippen LogP contribution in [0.4, 0.5) is 0 Å². The predicted octanol–water partition coefficient (Wildman–Crippen LogP) is 1.78. The van der Waals surface area contributed by atoms with Crippen molar-refractivity contribution in [3.63, 3.8) is 0 Å². The van der Waals surface area contributed by atoms with Crippen LogP contribution in [0.2, 0.25) is 0 Å². The molecule has 0 bridgehead atoms. The SMILES string of the molecule is C1=NCCN1.c1ccncc1.c1ccncc1. The van der Waals surface area contributed by atoms with E-state index in [1.807, 2.05) is 36.4 Å². The van der Waals surface area contributed by atoms with Gasteiger partial charge in [0.2, 0.25) is 0 Å². The van der Waals surface area contributed by atoms with Crippen molar-refractivity contribution in [2.24, 2.45) is 4.99 Å². The topological polar surface area (TPSA) is 50.2 Å². The molecule has 0 fully saturated rings. The van der Waals surface area contributed by atoms with Gasteiger partial charge >= 0.3 is 0 Å². The minimum absolute atomic E-state index is 0.958. The number of hydrogen-bond donors (Lipinski definition) is 1. The summed E-state index contributed by atoms with van der Waals surface area (Å²) in [6.45, 7) is 1.99. The first-order chi connectivity index (χ1) is 8.50. The van der Waals surface area contributed by atoms with E-state index in [0.29, 0.717) is 0 Å². The van der Waals surface area contributed by atoms with Gasteiger partial charge in [-0.3, -0.25) is 15.0 Å². The minimum atomic E-state index is 0.958. The quantitative estimate of drug-likeness (QED) is 0.747. The van der Waals surface area contributed by atoms with Crippen LogP contribution in [0.1, 0.15) is 0 Å². The van der Waals surface area contributed by atoms with Crippen LogP contribution in [0.5, 0.6) is 0 Å². The molecule has 0 unspecified atom stereocenters. The molecule has 1 aliphatic heterocycles. The number of rotatable bonds is 0. The molecule has 0 atom stereocenters. The number of pyridine rings is 2. The molecule has 4 nitrogen and oxygen atoms in total. The van der Waals surface area contributed by atoms with E-state index >= 15 is 0 Å². The van der Waals surface area contributed by atoms with E-state index in [-0.39, 0.29) is 0 Å². The molecule has 1 N–H and O–H groups in total. The molecule has 88 valence electrons. The third-order valence-electron chi connectivity index (χ3n) is 1.70. The van der Waals surface area contributed by atoms with Crippen LogP contribution in [0, 0.1) is 0 Å². The van der Waals surface area contributed by atoms with E-state index in [9.17, 15) is 0 Å². The van der Waals surface area contributed by atoms with Gasteiger partial charge in [0.1, 0.15) is 0 Å². The molecular weight excluding hydrogens is 212 g/mol. The summed E-state index contributed by atoms with van der Waals surface area (Å²) in [7, 11) is 0. The van der Waals surface area contributed by atoms with E-state index in [1.54, 1.807) is 31.1 Å². The molecule has 3 heterocycles. The number of hydrogen-bond acceptors (Lipinski definition) is 4. The van der Waals surface area contributed by atoms with E-state index in [2.05, 4.69) is 20.3 Å². The molecule has 4 heteroatoms. The van der Waals surface area contributed by atoms with Crippen LogP contribution >= 0.6 is 0 Å². The number of aromatic nitrogens is 2. The zero-order valence-electron chi connectivity index (χ0n) is 9.61. The number of nitrogens with zero attached hydrogens (tertiary/aromatic N) is 3. The zero-order chi connectivity index (χ0) is 12.0. The summed E-state index contributed by atoms with van der Waals surface area (Å²) in [5.41, 5.74) is 0. The highest BCUT2D eigenvalue weighted by molar-refractivity contribution is 5.56. The number of aliphatic imine (C=N–C) groups is 1. The van der Waals surface area contributed by atoms with Crippen molar-refractivity contribution >= 4 is 6.34 Å². The van der Waals surface area contributed by atoms with Crippen molar-refractivity contribution in [3.8, 4) is 0 Å². The fourth-order valence-corrected chi connectivity index (χ4v) is 0.948. The Morgan fingerprint density at radius 1 is 0.706 bits per heavy atom. The van der Waals surface area contributed by atoms with Gasteiger partial charge in [-0.1, -0.05) is 12.1 Å². The lowest BCUT2D eigenvalue weighted by molar-refractivity contribution is 0.965. The average Bonchev–Trinajstić information content (AvgIpc) is 3.03. The van der Waals surface area contributed by atoms with Gasteiger partial charge in [-0.15, -0.1) is 0 Å². The summed E-state index contributed by atoms with van der Waals surface area (Å²) in [6.07, 6.45) is 8.74. The molecule has 0 amide bonds. The molecule has 0 radical (unpaired) electrons. The summed E-state index contributed by atoms with van der Waals surface area (Å²) in [6, 6.07) is 11.4. The highest BCUT2D eigenvalue weighted by atomic mass is 15.0. The van der Waals surface area contributed by atoms with E-state index in [0.717, 1.165) is 13.1 Å². The van der Waals surface area contributed by atoms with Crippen molar-refractivity contribution < 1.29 is 0 Å². The van der Waals surface area contributed by atoms with Crippen molar-refractivity contribution in [2.75, 3.05) is 13.1 Å². The molecule has 2 aromatic rings. The van der Waals surface area contributed by atoms with E-state index in [4.69, 9.17) is 0 Å². The Balaban J connectivity index is 0.000000128. The molecule has 3 rings (SSSR count). The van der Waals surface area contributed by atoms with Gasteiger partial charge in [0.15, 0.2) is 0 Å². The van der Waals surface area contributed by atoms with Gasteiger partial charge < -0.3 is 5.32 Å². The third kappa shape index (κ3) is 8.74. The Morgan fingerprint density at radius 2 is 1.24 bits per heavy atom. The molecule has 2 aromatic heterocycles. The lowest BCUT2D eigenvalue weighted by Gasteiger charge is -1.75. The van der Waals surface area contributed by atoms with Gasteiger partial charge in [-0.2, -0.15) is 0 Å². The molecule has 0 aromatic carbocycles. The monoisotopic (exact) mass is 228 g/mol. The van der Waals surface area contributed by atoms with Crippen molar-refractivity contribution in [1.82, 2.24) is 15.3 Å². The Labute approximate surface area is 101 Å².